The van der Waals surface area contributed by atoms with Crippen LogP contribution in [0.3, 0.4) is 0 Å². The summed E-state index contributed by atoms with van der Waals surface area (Å²) in [7, 11) is 0. The summed E-state index contributed by atoms with van der Waals surface area (Å²) in [6, 6.07) is 0.172. The van der Waals surface area contributed by atoms with Crippen molar-refractivity contribution in [3.8, 4) is 0 Å². The van der Waals surface area contributed by atoms with Crippen molar-refractivity contribution < 1.29 is 9.90 Å². The highest BCUT2D eigenvalue weighted by Crippen LogP contribution is 2.05. The van der Waals surface area contributed by atoms with E-state index in [1.165, 1.54) is 0 Å². The summed E-state index contributed by atoms with van der Waals surface area (Å²) in [5.41, 5.74) is -0.140. The first-order valence-electron chi connectivity index (χ1n) is 5.56. The van der Waals surface area contributed by atoms with Crippen LogP contribution in [0.1, 0.15) is 40.5 Å². The van der Waals surface area contributed by atoms with Crippen LogP contribution < -0.4 is 10.6 Å². The zero-order valence-electron chi connectivity index (χ0n) is 10.3. The van der Waals surface area contributed by atoms with Gasteiger partial charge in [0.05, 0.1) is 6.54 Å². The lowest BCUT2D eigenvalue weighted by Crippen LogP contribution is -2.47. The summed E-state index contributed by atoms with van der Waals surface area (Å²) in [5.74, 6) is 0.00615. The van der Waals surface area contributed by atoms with Crippen molar-refractivity contribution in [2.45, 2.75) is 52.1 Å². The molecule has 0 radical (unpaired) electrons. The minimum absolute atomic E-state index is 0.00615. The monoisotopic (exact) mass is 216 g/mol. The van der Waals surface area contributed by atoms with E-state index in [1.807, 2.05) is 27.7 Å². The predicted molar refractivity (Wildman–Crippen MR) is 61.7 cm³/mol. The van der Waals surface area contributed by atoms with E-state index in [0.29, 0.717) is 13.0 Å². The number of hydrogen-bond acceptors (Lipinski definition) is 3. The fourth-order valence-corrected chi connectivity index (χ4v) is 1.07. The molecule has 0 aliphatic carbocycles. The summed E-state index contributed by atoms with van der Waals surface area (Å²) in [4.78, 5) is 11.5. The van der Waals surface area contributed by atoms with Crippen LogP contribution in [0.4, 0.5) is 0 Å². The third-order valence-corrected chi connectivity index (χ3v) is 2.53. The van der Waals surface area contributed by atoms with Crippen molar-refractivity contribution in [3.63, 3.8) is 0 Å². The second kappa shape index (κ2) is 6.80. The quantitative estimate of drug-likeness (QED) is 0.585. The molecule has 3 N–H and O–H groups in total. The minimum Gasteiger partial charge on any atom is -0.396 e. The lowest BCUT2D eigenvalue weighted by atomic mass is 10.0. The summed E-state index contributed by atoms with van der Waals surface area (Å²) in [6.45, 7) is 8.46. The van der Waals surface area contributed by atoms with Crippen LogP contribution in [0, 0.1) is 0 Å². The van der Waals surface area contributed by atoms with Gasteiger partial charge in [0, 0.05) is 18.2 Å². The zero-order valence-corrected chi connectivity index (χ0v) is 10.3. The molecule has 0 fully saturated rings. The highest BCUT2D eigenvalue weighted by Gasteiger charge is 2.17. The van der Waals surface area contributed by atoms with E-state index in [9.17, 15) is 4.79 Å². The summed E-state index contributed by atoms with van der Waals surface area (Å²) < 4.78 is 0. The number of carbonyl (C=O) groups is 1. The van der Waals surface area contributed by atoms with Gasteiger partial charge in [-0.1, -0.05) is 6.92 Å². The fraction of sp³-hybridized carbons (Fsp3) is 0.909. The molecule has 0 aromatic heterocycles. The van der Waals surface area contributed by atoms with Gasteiger partial charge in [-0.2, -0.15) is 0 Å². The predicted octanol–water partition coefficient (Wildman–Crippen LogP) is 0.652. The van der Waals surface area contributed by atoms with Crippen molar-refractivity contribution >= 4 is 5.91 Å². The molecule has 0 rings (SSSR count). The lowest BCUT2D eigenvalue weighted by molar-refractivity contribution is -0.122. The van der Waals surface area contributed by atoms with Crippen molar-refractivity contribution in [1.29, 1.82) is 0 Å². The van der Waals surface area contributed by atoms with Crippen LogP contribution in [-0.2, 0) is 4.79 Å². The molecule has 0 aromatic rings. The molecule has 1 unspecified atom stereocenters. The third kappa shape index (κ3) is 7.33. The Labute approximate surface area is 92.4 Å². The first-order valence-corrected chi connectivity index (χ1v) is 5.56. The van der Waals surface area contributed by atoms with Crippen molar-refractivity contribution in [2.75, 3.05) is 13.2 Å². The minimum atomic E-state index is -0.140. The number of rotatable bonds is 7. The van der Waals surface area contributed by atoms with Gasteiger partial charge in [-0.3, -0.25) is 4.79 Å². The van der Waals surface area contributed by atoms with Gasteiger partial charge in [-0.25, -0.2) is 0 Å². The number of amides is 1. The van der Waals surface area contributed by atoms with Gasteiger partial charge >= 0.3 is 0 Å². The van der Waals surface area contributed by atoms with Crippen LogP contribution in [-0.4, -0.2) is 35.7 Å². The van der Waals surface area contributed by atoms with Crippen LogP contribution in [0.5, 0.6) is 0 Å². The Kier molecular flexibility index (Phi) is 6.52. The topological polar surface area (TPSA) is 61.4 Å². The van der Waals surface area contributed by atoms with Gasteiger partial charge in [0.2, 0.25) is 5.91 Å². The lowest BCUT2D eigenvalue weighted by Gasteiger charge is -2.25. The van der Waals surface area contributed by atoms with Gasteiger partial charge in [0.15, 0.2) is 0 Å². The van der Waals surface area contributed by atoms with Gasteiger partial charge in [-0.15, -0.1) is 0 Å². The fourth-order valence-electron chi connectivity index (χ4n) is 1.07. The Morgan fingerprint density at radius 2 is 2.07 bits per heavy atom. The third-order valence-electron chi connectivity index (χ3n) is 2.53. The molecular formula is C11H24N2O2. The smallest absolute Gasteiger partial charge is 0.234 e. The number of hydrogen-bond donors (Lipinski definition) is 3. The highest BCUT2D eigenvalue weighted by molar-refractivity contribution is 5.78. The molecule has 4 nitrogen and oxygen atoms in total. The Morgan fingerprint density at radius 1 is 1.47 bits per heavy atom. The van der Waals surface area contributed by atoms with Crippen molar-refractivity contribution in [3.05, 3.63) is 0 Å². The van der Waals surface area contributed by atoms with E-state index in [0.717, 1.165) is 6.42 Å². The van der Waals surface area contributed by atoms with Crippen molar-refractivity contribution in [1.82, 2.24) is 10.6 Å². The second-order valence-electron chi connectivity index (χ2n) is 4.58. The largest absolute Gasteiger partial charge is 0.396 e. The first-order chi connectivity index (χ1) is 6.91. The Bertz CT molecular complexity index is 193. The molecule has 0 aromatic carbocycles. The maximum atomic E-state index is 11.5. The average molecular weight is 216 g/mol. The number of carbonyl (C=O) groups excluding carboxylic acids is 1. The Balaban J connectivity index is 3.75. The molecule has 4 heteroatoms. The molecule has 0 bridgehead atoms. The van der Waals surface area contributed by atoms with E-state index in [4.69, 9.17) is 5.11 Å². The van der Waals surface area contributed by atoms with Gasteiger partial charge in [0.25, 0.3) is 0 Å². The number of aliphatic hydroxyl groups is 1. The Morgan fingerprint density at radius 3 is 2.53 bits per heavy atom. The maximum Gasteiger partial charge on any atom is 0.234 e. The molecule has 0 aliphatic heterocycles. The van der Waals surface area contributed by atoms with Crippen LogP contribution >= 0.6 is 0 Å². The van der Waals surface area contributed by atoms with E-state index in [1.54, 1.807) is 0 Å². The average Bonchev–Trinajstić information content (AvgIpc) is 2.15. The van der Waals surface area contributed by atoms with E-state index in [2.05, 4.69) is 10.6 Å². The first kappa shape index (κ1) is 14.4. The molecule has 0 saturated heterocycles. The SMILES string of the molecule is CCC(C)(C)NC(=O)CNC(C)CCO. The van der Waals surface area contributed by atoms with Gasteiger partial charge < -0.3 is 15.7 Å². The highest BCUT2D eigenvalue weighted by atomic mass is 16.3. The molecular weight excluding hydrogens is 192 g/mol. The van der Waals surface area contributed by atoms with Crippen LogP contribution in [0.2, 0.25) is 0 Å². The molecule has 0 aliphatic rings. The van der Waals surface area contributed by atoms with Gasteiger partial charge in [-0.05, 0) is 33.6 Å². The van der Waals surface area contributed by atoms with Crippen molar-refractivity contribution in [2.24, 2.45) is 0 Å². The molecule has 90 valence electrons. The van der Waals surface area contributed by atoms with Crippen LogP contribution in [0.15, 0.2) is 0 Å². The molecule has 0 spiro atoms. The standard InChI is InChI=1S/C11H24N2O2/c1-5-11(3,4)13-10(15)8-12-9(2)6-7-14/h9,12,14H,5-8H2,1-4H3,(H,13,15). The van der Waals surface area contributed by atoms with E-state index in [-0.39, 0.29) is 24.1 Å². The molecule has 15 heavy (non-hydrogen) atoms. The molecule has 1 atom stereocenters. The second-order valence-corrected chi connectivity index (χ2v) is 4.58. The summed E-state index contributed by atoms with van der Waals surface area (Å²) in [6.07, 6.45) is 1.58. The Hall–Kier alpha value is -0.610. The van der Waals surface area contributed by atoms with Gasteiger partial charge in [0.1, 0.15) is 0 Å². The number of nitrogens with one attached hydrogen (secondary N) is 2. The molecule has 0 heterocycles. The van der Waals surface area contributed by atoms with E-state index < -0.39 is 0 Å². The summed E-state index contributed by atoms with van der Waals surface area (Å²) in [5, 5.41) is 14.7. The maximum absolute atomic E-state index is 11.5. The van der Waals surface area contributed by atoms with E-state index >= 15 is 0 Å². The molecule has 0 saturated carbocycles. The normalized spacial score (nSPS) is 13.7. The van der Waals surface area contributed by atoms with Crippen LogP contribution in [0.25, 0.3) is 0 Å². The summed E-state index contributed by atoms with van der Waals surface area (Å²) >= 11 is 0. The number of aliphatic hydroxyl groups excluding tert-OH is 1. The zero-order chi connectivity index (χ0) is 11.9. The molecule has 1 amide bonds.